The van der Waals surface area contributed by atoms with E-state index in [4.69, 9.17) is 9.47 Å². The molecule has 1 N–H and O–H groups in total. The first-order valence-corrected chi connectivity index (χ1v) is 9.69. The Kier molecular flexibility index (Phi) is 6.40. The number of ether oxygens (including phenoxy) is 2. The summed E-state index contributed by atoms with van der Waals surface area (Å²) in [7, 11) is 0. The molecule has 0 spiro atoms. The van der Waals surface area contributed by atoms with Crippen LogP contribution in [0.3, 0.4) is 0 Å². The van der Waals surface area contributed by atoms with E-state index < -0.39 is 6.16 Å². The van der Waals surface area contributed by atoms with Gasteiger partial charge in [-0.25, -0.2) is 4.79 Å². The number of thiophene rings is 1. The lowest BCUT2D eigenvalue weighted by Crippen LogP contribution is -2.25. The lowest BCUT2D eigenvalue weighted by molar-refractivity contribution is -0.111. The van der Waals surface area contributed by atoms with Gasteiger partial charge in [-0.2, -0.15) is 5.26 Å². The third-order valence-electron chi connectivity index (χ3n) is 4.21. The second-order valence-electron chi connectivity index (χ2n) is 6.09. The largest absolute Gasteiger partial charge is 0.508 e. The van der Waals surface area contributed by atoms with Crippen molar-refractivity contribution in [1.29, 1.82) is 5.26 Å². The van der Waals surface area contributed by atoms with E-state index in [0.717, 1.165) is 16.0 Å². The number of fused-ring (bicyclic) bond motifs is 1. The first-order chi connectivity index (χ1) is 13.6. The van der Waals surface area contributed by atoms with Gasteiger partial charge in [-0.15, -0.1) is 11.3 Å². The minimum Gasteiger partial charge on any atom is -0.435 e. The predicted octanol–water partition coefficient (Wildman–Crippen LogP) is 3.70. The lowest BCUT2D eigenvalue weighted by atomic mass is 9.94. The summed E-state index contributed by atoms with van der Waals surface area (Å²) in [5.41, 5.74) is 2.21. The second kappa shape index (κ2) is 9.15. The van der Waals surface area contributed by atoms with E-state index in [1.165, 1.54) is 17.4 Å². The molecule has 1 aliphatic carbocycles. The number of hydrogen-bond donors (Lipinski definition) is 1. The van der Waals surface area contributed by atoms with Crippen LogP contribution >= 0.6 is 11.3 Å². The number of aromatic nitrogens is 1. The summed E-state index contributed by atoms with van der Waals surface area (Å²) < 4.78 is 10.1. The van der Waals surface area contributed by atoms with Gasteiger partial charge in [0.05, 0.1) is 12.2 Å². The van der Waals surface area contributed by atoms with Crippen LogP contribution in [0.1, 0.15) is 34.9 Å². The zero-order valence-electron chi connectivity index (χ0n) is 15.3. The van der Waals surface area contributed by atoms with Crippen LogP contribution in [-0.2, 0) is 27.1 Å². The molecule has 144 valence electrons. The Balaban J connectivity index is 1.69. The number of anilines is 1. The Bertz CT molecular complexity index is 931. The number of nitrogens with one attached hydrogen (secondary N) is 1. The van der Waals surface area contributed by atoms with Crippen LogP contribution in [0.5, 0.6) is 0 Å². The summed E-state index contributed by atoms with van der Waals surface area (Å²) in [5, 5.41) is 12.8. The molecule has 2 aromatic rings. The number of nitrogens with zero attached hydrogens (tertiary/aromatic N) is 2. The molecule has 0 saturated heterocycles. The Hall–Kier alpha value is -3.18. The maximum atomic E-state index is 12.2. The average Bonchev–Trinajstić information content (AvgIpc) is 3.03. The van der Waals surface area contributed by atoms with Crippen molar-refractivity contribution in [3.05, 3.63) is 52.2 Å². The van der Waals surface area contributed by atoms with E-state index in [1.54, 1.807) is 31.5 Å². The number of rotatable bonds is 5. The van der Waals surface area contributed by atoms with Crippen molar-refractivity contribution in [2.75, 3.05) is 11.9 Å². The number of nitriles is 1. The van der Waals surface area contributed by atoms with Crippen molar-refractivity contribution in [3.63, 3.8) is 0 Å². The highest BCUT2D eigenvalue weighted by atomic mass is 32.1. The van der Waals surface area contributed by atoms with Crippen LogP contribution < -0.4 is 5.32 Å². The van der Waals surface area contributed by atoms with Gasteiger partial charge in [0.25, 0.3) is 0 Å². The molecule has 1 aliphatic rings. The highest BCUT2D eigenvalue weighted by molar-refractivity contribution is 7.16. The number of hydrogen-bond acceptors (Lipinski definition) is 7. The van der Waals surface area contributed by atoms with Crippen molar-refractivity contribution in [2.45, 2.75) is 32.3 Å². The number of pyridine rings is 1. The Morgan fingerprint density at radius 2 is 2.36 bits per heavy atom. The molecule has 1 unspecified atom stereocenters. The van der Waals surface area contributed by atoms with Crippen LogP contribution in [0.15, 0.2) is 30.6 Å². The fourth-order valence-corrected chi connectivity index (χ4v) is 4.22. The van der Waals surface area contributed by atoms with Gasteiger partial charge < -0.3 is 14.8 Å². The van der Waals surface area contributed by atoms with Gasteiger partial charge in [0.2, 0.25) is 5.91 Å². The van der Waals surface area contributed by atoms with Gasteiger partial charge in [0, 0.05) is 29.8 Å². The van der Waals surface area contributed by atoms with Crippen LogP contribution in [0.2, 0.25) is 0 Å². The third kappa shape index (κ3) is 4.75. The van der Waals surface area contributed by atoms with Crippen molar-refractivity contribution in [3.8, 4) is 6.07 Å². The topological polar surface area (TPSA) is 101 Å². The molecule has 3 rings (SSSR count). The second-order valence-corrected chi connectivity index (χ2v) is 7.20. The Labute approximate surface area is 166 Å². The van der Waals surface area contributed by atoms with Gasteiger partial charge in [0.1, 0.15) is 17.2 Å². The van der Waals surface area contributed by atoms with E-state index in [1.807, 2.05) is 6.07 Å². The molecule has 2 aromatic heterocycles. The number of carbonyl (C=O) groups is 2. The minimum atomic E-state index is -0.679. The molecule has 7 nitrogen and oxygen atoms in total. The summed E-state index contributed by atoms with van der Waals surface area (Å²) in [6.45, 7) is 1.98. The maximum absolute atomic E-state index is 12.2. The molecular weight excluding hydrogens is 378 g/mol. The molecule has 8 heteroatoms. The molecule has 2 heterocycles. The highest BCUT2D eigenvalue weighted by Gasteiger charge is 2.28. The summed E-state index contributed by atoms with van der Waals surface area (Å²) in [6.07, 6.45) is 7.15. The van der Waals surface area contributed by atoms with Crippen LogP contribution in [0.25, 0.3) is 6.08 Å². The van der Waals surface area contributed by atoms with Crippen molar-refractivity contribution in [2.24, 2.45) is 0 Å². The normalized spacial score (nSPS) is 15.5. The fraction of sp³-hybridized carbons (Fsp3) is 0.300. The average molecular weight is 397 g/mol. The Morgan fingerprint density at radius 1 is 1.50 bits per heavy atom. The molecule has 0 aromatic carbocycles. The molecule has 0 radical (unpaired) electrons. The van der Waals surface area contributed by atoms with E-state index in [2.05, 4.69) is 16.4 Å². The third-order valence-corrected chi connectivity index (χ3v) is 5.38. The standard InChI is InChI=1S/C20H19N3O4S/c1-2-26-20(25)27-14-6-7-15-16(11-21)19(28-17(15)10-14)23-18(24)8-5-13-4-3-9-22-12-13/h3-5,8-9,12,14H,2,6-7,10H2,1H3,(H,23,24). The first kappa shape index (κ1) is 19.6. The van der Waals surface area contributed by atoms with E-state index in [0.29, 0.717) is 29.8 Å². The van der Waals surface area contributed by atoms with Gasteiger partial charge >= 0.3 is 6.16 Å². The fourth-order valence-electron chi connectivity index (χ4n) is 2.95. The highest BCUT2D eigenvalue weighted by Crippen LogP contribution is 2.38. The van der Waals surface area contributed by atoms with Gasteiger partial charge in [-0.05, 0) is 43.0 Å². The quantitative estimate of drug-likeness (QED) is 0.610. The Morgan fingerprint density at radius 3 is 3.07 bits per heavy atom. The van der Waals surface area contributed by atoms with Gasteiger partial charge in [-0.3, -0.25) is 9.78 Å². The van der Waals surface area contributed by atoms with Crippen molar-refractivity contribution >= 4 is 34.5 Å². The SMILES string of the molecule is CCOC(=O)OC1CCc2c(sc(NC(=O)C=Cc3cccnc3)c2C#N)C1. The maximum Gasteiger partial charge on any atom is 0.508 e. The molecule has 0 bridgehead atoms. The molecule has 0 aliphatic heterocycles. The van der Waals surface area contributed by atoms with Crippen molar-refractivity contribution < 1.29 is 19.1 Å². The summed E-state index contributed by atoms with van der Waals surface area (Å²) in [6, 6.07) is 5.81. The first-order valence-electron chi connectivity index (χ1n) is 8.87. The number of carbonyl (C=O) groups excluding carboxylic acids is 2. The van der Waals surface area contributed by atoms with Crippen LogP contribution in [-0.4, -0.2) is 29.8 Å². The minimum absolute atomic E-state index is 0.261. The summed E-state index contributed by atoms with van der Waals surface area (Å²) in [4.78, 5) is 28.7. The predicted molar refractivity (Wildman–Crippen MR) is 105 cm³/mol. The number of amides is 1. The molecule has 0 fully saturated rings. The monoisotopic (exact) mass is 397 g/mol. The molecule has 1 atom stereocenters. The summed E-state index contributed by atoms with van der Waals surface area (Å²) >= 11 is 1.35. The molecule has 0 saturated carbocycles. The zero-order valence-corrected chi connectivity index (χ0v) is 16.1. The van der Waals surface area contributed by atoms with Crippen molar-refractivity contribution in [1.82, 2.24) is 4.98 Å². The van der Waals surface area contributed by atoms with E-state index in [9.17, 15) is 14.9 Å². The molecule has 1 amide bonds. The zero-order chi connectivity index (χ0) is 19.9. The van der Waals surface area contributed by atoms with E-state index in [-0.39, 0.29) is 18.6 Å². The van der Waals surface area contributed by atoms with E-state index >= 15 is 0 Å². The molecule has 28 heavy (non-hydrogen) atoms. The smallest absolute Gasteiger partial charge is 0.435 e. The van der Waals surface area contributed by atoms with Crippen LogP contribution in [0, 0.1) is 11.3 Å². The molecular formula is C20H19N3O4S. The van der Waals surface area contributed by atoms with Gasteiger partial charge in [-0.1, -0.05) is 6.07 Å². The van der Waals surface area contributed by atoms with Gasteiger partial charge in [0.15, 0.2) is 0 Å². The lowest BCUT2D eigenvalue weighted by Gasteiger charge is -2.21. The van der Waals surface area contributed by atoms with Crippen LogP contribution in [0.4, 0.5) is 9.80 Å². The summed E-state index contributed by atoms with van der Waals surface area (Å²) in [5.74, 6) is -0.321.